The summed E-state index contributed by atoms with van der Waals surface area (Å²) in [6, 6.07) is 0.827. The van der Waals surface area contributed by atoms with Crippen molar-refractivity contribution in [1.29, 1.82) is 0 Å². The van der Waals surface area contributed by atoms with E-state index in [2.05, 4.69) is 10.3 Å². The van der Waals surface area contributed by atoms with Gasteiger partial charge in [-0.1, -0.05) is 18.5 Å². The summed E-state index contributed by atoms with van der Waals surface area (Å²) in [4.78, 5) is 3.70. The van der Waals surface area contributed by atoms with Crippen molar-refractivity contribution in [1.82, 2.24) is 4.98 Å². The van der Waals surface area contributed by atoms with Crippen LogP contribution >= 0.6 is 11.6 Å². The molecule has 0 radical (unpaired) electrons. The van der Waals surface area contributed by atoms with Gasteiger partial charge in [-0.15, -0.1) is 0 Å². The molecule has 3 nitrogen and oxygen atoms in total. The minimum absolute atomic E-state index is 0.0308. The molecule has 2 unspecified atom stereocenters. The summed E-state index contributed by atoms with van der Waals surface area (Å²) < 4.78 is 37.2. The Morgan fingerprint density at radius 3 is 2.50 bits per heavy atom. The van der Waals surface area contributed by atoms with E-state index in [1.54, 1.807) is 0 Å². The zero-order valence-electron chi connectivity index (χ0n) is 10.1. The highest BCUT2D eigenvalue weighted by molar-refractivity contribution is 6.32. The van der Waals surface area contributed by atoms with E-state index in [9.17, 15) is 13.2 Å². The normalized spacial score (nSPS) is 15.3. The summed E-state index contributed by atoms with van der Waals surface area (Å²) in [7, 11) is 0. The van der Waals surface area contributed by atoms with Crippen LogP contribution in [0.3, 0.4) is 0 Å². The van der Waals surface area contributed by atoms with Crippen LogP contribution in [0.2, 0.25) is 5.02 Å². The Morgan fingerprint density at radius 2 is 2.06 bits per heavy atom. The van der Waals surface area contributed by atoms with Crippen molar-refractivity contribution in [3.05, 3.63) is 22.8 Å². The number of rotatable bonds is 4. The average molecular weight is 282 g/mol. The van der Waals surface area contributed by atoms with Crippen LogP contribution in [-0.2, 0) is 6.18 Å². The van der Waals surface area contributed by atoms with E-state index in [4.69, 9.17) is 17.3 Å². The van der Waals surface area contributed by atoms with Crippen LogP contribution in [0.25, 0.3) is 0 Å². The third-order valence-corrected chi connectivity index (χ3v) is 3.05. The van der Waals surface area contributed by atoms with Crippen molar-refractivity contribution >= 4 is 17.4 Å². The first-order valence-electron chi connectivity index (χ1n) is 5.45. The predicted octanol–water partition coefficient (Wildman–Crippen LogP) is 3.15. The summed E-state index contributed by atoms with van der Waals surface area (Å²) >= 11 is 5.77. The molecular formula is C11H15ClF3N3. The molecule has 0 aromatic carbocycles. The van der Waals surface area contributed by atoms with Crippen LogP contribution in [0.4, 0.5) is 19.0 Å². The Balaban J connectivity index is 2.87. The molecule has 0 aliphatic carbocycles. The number of alkyl halides is 3. The Hall–Kier alpha value is -1.01. The number of aromatic nitrogens is 1. The topological polar surface area (TPSA) is 50.9 Å². The first kappa shape index (κ1) is 15.0. The quantitative estimate of drug-likeness (QED) is 0.891. The van der Waals surface area contributed by atoms with Crippen LogP contribution in [0.5, 0.6) is 0 Å². The fourth-order valence-electron chi connectivity index (χ4n) is 1.26. The summed E-state index contributed by atoms with van der Waals surface area (Å²) in [5, 5.41) is 2.89. The molecule has 2 atom stereocenters. The summed E-state index contributed by atoms with van der Waals surface area (Å²) in [5.41, 5.74) is 4.64. The van der Waals surface area contributed by atoms with Gasteiger partial charge in [0.05, 0.1) is 10.6 Å². The second-order valence-corrected chi connectivity index (χ2v) is 4.61. The third kappa shape index (κ3) is 3.74. The lowest BCUT2D eigenvalue weighted by Crippen LogP contribution is -2.29. The number of pyridine rings is 1. The largest absolute Gasteiger partial charge is 0.417 e. The van der Waals surface area contributed by atoms with Crippen LogP contribution in [0.1, 0.15) is 19.4 Å². The van der Waals surface area contributed by atoms with Crippen LogP contribution in [0, 0.1) is 5.92 Å². The molecule has 1 heterocycles. The van der Waals surface area contributed by atoms with Crippen molar-refractivity contribution in [3.8, 4) is 0 Å². The van der Waals surface area contributed by atoms with Crippen LogP contribution in [-0.4, -0.2) is 17.6 Å². The maximum atomic E-state index is 12.4. The SMILES string of the molecule is CC(CN)C(C)Nc1ncc(C(F)(F)F)cc1Cl. The number of hydrogen-bond acceptors (Lipinski definition) is 3. The van der Waals surface area contributed by atoms with Gasteiger partial charge in [0.2, 0.25) is 0 Å². The lowest BCUT2D eigenvalue weighted by molar-refractivity contribution is -0.137. The first-order chi connectivity index (χ1) is 8.25. The molecular weight excluding hydrogens is 267 g/mol. The summed E-state index contributed by atoms with van der Waals surface area (Å²) in [5.74, 6) is 0.391. The Morgan fingerprint density at radius 1 is 1.44 bits per heavy atom. The van der Waals surface area contributed by atoms with E-state index in [1.165, 1.54) is 0 Å². The van der Waals surface area contributed by atoms with Gasteiger partial charge in [0, 0.05) is 12.2 Å². The Bertz CT molecular complexity index is 409. The van der Waals surface area contributed by atoms with Crippen LogP contribution < -0.4 is 11.1 Å². The van der Waals surface area contributed by atoms with Gasteiger partial charge in [-0.25, -0.2) is 4.98 Å². The maximum Gasteiger partial charge on any atom is 0.417 e. The van der Waals surface area contributed by atoms with Gasteiger partial charge in [-0.05, 0) is 25.5 Å². The smallest absolute Gasteiger partial charge is 0.366 e. The first-order valence-corrected chi connectivity index (χ1v) is 5.82. The number of nitrogens with one attached hydrogen (secondary N) is 1. The maximum absolute atomic E-state index is 12.4. The Labute approximate surface area is 109 Å². The van der Waals surface area contributed by atoms with Crippen molar-refractivity contribution in [2.24, 2.45) is 11.7 Å². The van der Waals surface area contributed by atoms with Crippen molar-refractivity contribution in [3.63, 3.8) is 0 Å². The van der Waals surface area contributed by atoms with Crippen molar-refractivity contribution < 1.29 is 13.2 Å². The highest BCUT2D eigenvalue weighted by Gasteiger charge is 2.31. The van der Waals surface area contributed by atoms with Gasteiger partial charge in [0.15, 0.2) is 0 Å². The molecule has 0 aliphatic rings. The summed E-state index contributed by atoms with van der Waals surface area (Å²) in [6.07, 6.45) is -3.68. The molecule has 0 amide bonds. The molecule has 18 heavy (non-hydrogen) atoms. The lowest BCUT2D eigenvalue weighted by atomic mass is 10.0. The molecule has 0 aliphatic heterocycles. The monoisotopic (exact) mass is 281 g/mol. The Kier molecular flexibility index (Phi) is 4.81. The number of halogens is 4. The predicted molar refractivity (Wildman–Crippen MR) is 65.6 cm³/mol. The fraction of sp³-hybridized carbons (Fsp3) is 0.545. The molecule has 7 heteroatoms. The van der Waals surface area contributed by atoms with Gasteiger partial charge in [-0.3, -0.25) is 0 Å². The minimum Gasteiger partial charge on any atom is -0.366 e. The molecule has 3 N–H and O–H groups in total. The lowest BCUT2D eigenvalue weighted by Gasteiger charge is -2.21. The van der Waals surface area contributed by atoms with Gasteiger partial charge in [-0.2, -0.15) is 13.2 Å². The average Bonchev–Trinajstić information content (AvgIpc) is 2.29. The summed E-state index contributed by atoms with van der Waals surface area (Å²) in [6.45, 7) is 4.26. The zero-order chi connectivity index (χ0) is 13.9. The second-order valence-electron chi connectivity index (χ2n) is 4.20. The van der Waals surface area contributed by atoms with E-state index < -0.39 is 11.7 Å². The molecule has 0 spiro atoms. The van der Waals surface area contributed by atoms with Gasteiger partial charge in [0.25, 0.3) is 0 Å². The van der Waals surface area contributed by atoms with E-state index >= 15 is 0 Å². The molecule has 0 saturated carbocycles. The van der Waals surface area contributed by atoms with E-state index in [0.717, 1.165) is 12.3 Å². The highest BCUT2D eigenvalue weighted by atomic mass is 35.5. The number of hydrogen-bond donors (Lipinski definition) is 2. The number of nitrogens with two attached hydrogens (primary N) is 1. The van der Waals surface area contributed by atoms with E-state index in [1.807, 2.05) is 13.8 Å². The van der Waals surface area contributed by atoms with Crippen molar-refractivity contribution in [2.75, 3.05) is 11.9 Å². The molecule has 1 rings (SSSR count). The standard InChI is InChI=1S/C11H15ClF3N3/c1-6(4-16)7(2)18-10-9(12)3-8(5-17-10)11(13,14)15/h3,5-7H,4,16H2,1-2H3,(H,17,18). The molecule has 1 aromatic rings. The molecule has 0 saturated heterocycles. The van der Waals surface area contributed by atoms with Gasteiger partial charge >= 0.3 is 6.18 Å². The highest BCUT2D eigenvalue weighted by Crippen LogP contribution is 2.32. The van der Waals surface area contributed by atoms with E-state index in [0.29, 0.717) is 6.54 Å². The van der Waals surface area contributed by atoms with Gasteiger partial charge in [0.1, 0.15) is 5.82 Å². The number of anilines is 1. The second kappa shape index (κ2) is 5.75. The van der Waals surface area contributed by atoms with E-state index in [-0.39, 0.29) is 22.8 Å². The van der Waals surface area contributed by atoms with Crippen LogP contribution in [0.15, 0.2) is 12.3 Å². The third-order valence-electron chi connectivity index (χ3n) is 2.76. The number of nitrogens with zero attached hydrogens (tertiary/aromatic N) is 1. The minimum atomic E-state index is -4.44. The molecule has 0 bridgehead atoms. The zero-order valence-corrected chi connectivity index (χ0v) is 10.8. The molecule has 102 valence electrons. The van der Waals surface area contributed by atoms with Crippen molar-refractivity contribution in [2.45, 2.75) is 26.1 Å². The molecule has 1 aromatic heterocycles. The van der Waals surface area contributed by atoms with Gasteiger partial charge < -0.3 is 11.1 Å². The molecule has 0 fully saturated rings. The fourth-order valence-corrected chi connectivity index (χ4v) is 1.48.